The van der Waals surface area contributed by atoms with Crippen LogP contribution in [0.4, 0.5) is 5.00 Å². The third-order valence-electron chi connectivity index (χ3n) is 5.18. The van der Waals surface area contributed by atoms with E-state index in [1.54, 1.807) is 6.92 Å². The molecule has 1 fully saturated rings. The first kappa shape index (κ1) is 17.9. The van der Waals surface area contributed by atoms with Gasteiger partial charge in [-0.1, -0.05) is 12.8 Å². The summed E-state index contributed by atoms with van der Waals surface area (Å²) in [7, 11) is 0. The molecule has 2 aliphatic carbocycles. The number of nitrogens with one attached hydrogen (secondary N) is 1. The Hall–Kier alpha value is -1.87. The summed E-state index contributed by atoms with van der Waals surface area (Å²) in [6.45, 7) is 3.50. The van der Waals surface area contributed by atoms with E-state index in [9.17, 15) is 14.9 Å². The van der Waals surface area contributed by atoms with Crippen LogP contribution in [0.15, 0.2) is 0 Å². The van der Waals surface area contributed by atoms with Crippen LogP contribution in [0.25, 0.3) is 0 Å². The van der Waals surface area contributed by atoms with Gasteiger partial charge in [-0.15, -0.1) is 11.3 Å². The van der Waals surface area contributed by atoms with E-state index in [4.69, 9.17) is 4.74 Å². The van der Waals surface area contributed by atoms with Gasteiger partial charge in [0.2, 0.25) is 5.91 Å². The maximum absolute atomic E-state index is 12.4. The van der Waals surface area contributed by atoms with Crippen LogP contribution < -0.4 is 5.32 Å². The lowest BCUT2D eigenvalue weighted by molar-refractivity contribution is -0.114. The number of thiophene rings is 1. The van der Waals surface area contributed by atoms with Crippen LogP contribution in [0, 0.1) is 22.7 Å². The molecule has 5 nitrogen and oxygen atoms in total. The van der Waals surface area contributed by atoms with Gasteiger partial charge in [-0.05, 0) is 44.1 Å². The molecule has 1 aromatic heterocycles. The summed E-state index contributed by atoms with van der Waals surface area (Å²) in [4.78, 5) is 25.0. The Morgan fingerprint density at radius 1 is 1.44 bits per heavy atom. The Kier molecular flexibility index (Phi) is 5.14. The third kappa shape index (κ3) is 3.87. The molecule has 1 atom stereocenters. The summed E-state index contributed by atoms with van der Waals surface area (Å²) in [6.07, 6.45) is 6.77. The predicted molar refractivity (Wildman–Crippen MR) is 96.6 cm³/mol. The molecular formula is C19H24N2O3S. The van der Waals surface area contributed by atoms with Crippen molar-refractivity contribution in [1.82, 2.24) is 0 Å². The first-order valence-corrected chi connectivity index (χ1v) is 9.80. The van der Waals surface area contributed by atoms with Crippen LogP contribution in [0.1, 0.15) is 66.8 Å². The van der Waals surface area contributed by atoms with Crippen LogP contribution >= 0.6 is 11.3 Å². The zero-order valence-corrected chi connectivity index (χ0v) is 15.6. The lowest BCUT2D eigenvalue weighted by Gasteiger charge is -2.31. The highest BCUT2D eigenvalue weighted by Crippen LogP contribution is 2.48. The molecule has 1 saturated carbocycles. The second kappa shape index (κ2) is 7.17. The molecule has 0 aliphatic heterocycles. The number of ether oxygens (including phenoxy) is 1. The van der Waals surface area contributed by atoms with E-state index in [-0.39, 0.29) is 17.3 Å². The van der Waals surface area contributed by atoms with Gasteiger partial charge in [0.1, 0.15) is 5.00 Å². The summed E-state index contributed by atoms with van der Waals surface area (Å²) < 4.78 is 5.19. The maximum atomic E-state index is 12.4. The summed E-state index contributed by atoms with van der Waals surface area (Å²) in [5.74, 6) is 0.218. The van der Waals surface area contributed by atoms with Gasteiger partial charge in [0.05, 0.1) is 23.7 Å². The molecule has 0 bridgehead atoms. The van der Waals surface area contributed by atoms with Gasteiger partial charge in [-0.3, -0.25) is 4.79 Å². The van der Waals surface area contributed by atoms with Gasteiger partial charge in [0.15, 0.2) is 0 Å². The number of nitriles is 1. The van der Waals surface area contributed by atoms with Crippen molar-refractivity contribution in [2.24, 2.45) is 11.3 Å². The van der Waals surface area contributed by atoms with E-state index >= 15 is 0 Å². The lowest BCUT2D eigenvalue weighted by Crippen LogP contribution is -2.27. The number of carbonyl (C=O) groups excluding carboxylic acids is 2. The summed E-state index contributed by atoms with van der Waals surface area (Å²) in [5, 5.41) is 13.1. The molecule has 3 rings (SSSR count). The van der Waals surface area contributed by atoms with E-state index in [0.717, 1.165) is 35.6 Å². The third-order valence-corrected chi connectivity index (χ3v) is 6.32. The molecule has 1 heterocycles. The fourth-order valence-electron chi connectivity index (χ4n) is 3.60. The number of amides is 1. The number of nitrogens with zero attached hydrogens (tertiary/aromatic N) is 1. The zero-order chi connectivity index (χ0) is 18.0. The van der Waals surface area contributed by atoms with E-state index in [1.165, 1.54) is 31.1 Å². The van der Waals surface area contributed by atoms with Gasteiger partial charge in [-0.2, -0.15) is 5.26 Å². The Morgan fingerprint density at radius 2 is 2.20 bits per heavy atom. The van der Waals surface area contributed by atoms with Gasteiger partial charge >= 0.3 is 5.97 Å². The van der Waals surface area contributed by atoms with Crippen LogP contribution in [0.5, 0.6) is 0 Å². The van der Waals surface area contributed by atoms with E-state index in [1.807, 2.05) is 0 Å². The van der Waals surface area contributed by atoms with Crippen LogP contribution in [-0.2, 0) is 22.4 Å². The van der Waals surface area contributed by atoms with Crippen LogP contribution in [0.3, 0.4) is 0 Å². The molecule has 0 radical (unpaired) electrons. The standard InChI is InChI=1S/C19H24N2O3S/c1-3-24-18(23)16-14-7-9-19(11-20,8-6-13-4-5-13)10-15(14)25-17(16)21-12(2)22/h13H,3-10H2,1-2H3,(H,21,22). The van der Waals surface area contributed by atoms with E-state index in [0.29, 0.717) is 30.0 Å². The van der Waals surface area contributed by atoms with Gasteiger partial charge < -0.3 is 10.1 Å². The predicted octanol–water partition coefficient (Wildman–Crippen LogP) is 4.07. The van der Waals surface area contributed by atoms with Crippen LogP contribution in [0.2, 0.25) is 0 Å². The highest BCUT2D eigenvalue weighted by atomic mass is 32.1. The topological polar surface area (TPSA) is 79.2 Å². The highest BCUT2D eigenvalue weighted by molar-refractivity contribution is 7.17. The molecule has 134 valence electrons. The summed E-state index contributed by atoms with van der Waals surface area (Å²) in [6, 6.07) is 2.57. The van der Waals surface area contributed by atoms with Crippen molar-refractivity contribution in [2.75, 3.05) is 11.9 Å². The number of rotatable bonds is 6. The number of anilines is 1. The normalized spacial score (nSPS) is 22.0. The molecule has 2 aliphatic rings. The molecule has 1 aromatic rings. The molecule has 0 spiro atoms. The average Bonchev–Trinajstić information content (AvgIpc) is 3.33. The molecular weight excluding hydrogens is 336 g/mol. The minimum Gasteiger partial charge on any atom is -0.462 e. The van der Waals surface area contributed by atoms with Crippen molar-refractivity contribution in [3.8, 4) is 6.07 Å². The minimum atomic E-state index is -0.383. The van der Waals surface area contributed by atoms with Crippen molar-refractivity contribution >= 4 is 28.2 Å². The quantitative estimate of drug-likeness (QED) is 0.776. The molecule has 1 unspecified atom stereocenters. The first-order valence-electron chi connectivity index (χ1n) is 8.98. The Bertz CT molecular complexity index is 730. The number of carbonyl (C=O) groups is 2. The molecule has 1 amide bonds. The highest BCUT2D eigenvalue weighted by Gasteiger charge is 2.40. The van der Waals surface area contributed by atoms with Gasteiger partial charge in [0, 0.05) is 18.2 Å². The van der Waals surface area contributed by atoms with Crippen molar-refractivity contribution in [3.05, 3.63) is 16.0 Å². The average molecular weight is 360 g/mol. The molecule has 1 N–H and O–H groups in total. The fourth-order valence-corrected chi connectivity index (χ4v) is 5.02. The second-order valence-corrected chi connectivity index (χ2v) is 8.27. The molecule has 0 aromatic carbocycles. The number of hydrogen-bond acceptors (Lipinski definition) is 5. The summed E-state index contributed by atoms with van der Waals surface area (Å²) >= 11 is 1.43. The second-order valence-electron chi connectivity index (χ2n) is 7.16. The fraction of sp³-hybridized carbons (Fsp3) is 0.632. The van der Waals surface area contributed by atoms with Crippen molar-refractivity contribution < 1.29 is 14.3 Å². The monoisotopic (exact) mass is 360 g/mol. The van der Waals surface area contributed by atoms with Crippen molar-refractivity contribution in [3.63, 3.8) is 0 Å². The Morgan fingerprint density at radius 3 is 2.80 bits per heavy atom. The van der Waals surface area contributed by atoms with Crippen molar-refractivity contribution in [1.29, 1.82) is 5.26 Å². The van der Waals surface area contributed by atoms with E-state index in [2.05, 4.69) is 11.4 Å². The van der Waals surface area contributed by atoms with Crippen molar-refractivity contribution in [2.45, 2.75) is 58.8 Å². The van der Waals surface area contributed by atoms with Gasteiger partial charge in [-0.25, -0.2) is 4.79 Å². The van der Waals surface area contributed by atoms with E-state index < -0.39 is 0 Å². The number of esters is 1. The zero-order valence-electron chi connectivity index (χ0n) is 14.8. The maximum Gasteiger partial charge on any atom is 0.341 e. The van der Waals surface area contributed by atoms with Crippen LogP contribution in [-0.4, -0.2) is 18.5 Å². The lowest BCUT2D eigenvalue weighted by atomic mass is 9.71. The largest absolute Gasteiger partial charge is 0.462 e. The Balaban J connectivity index is 1.89. The first-order chi connectivity index (χ1) is 12.0. The minimum absolute atomic E-state index is 0.204. The number of hydrogen-bond donors (Lipinski definition) is 1. The smallest absolute Gasteiger partial charge is 0.341 e. The SMILES string of the molecule is CCOC(=O)c1c(NC(C)=O)sc2c1CCC(C#N)(CCC1CC1)C2. The van der Waals surface area contributed by atoms with Gasteiger partial charge in [0.25, 0.3) is 0 Å². The molecule has 6 heteroatoms. The molecule has 25 heavy (non-hydrogen) atoms. The Labute approximate surface area is 152 Å². The number of fused-ring (bicyclic) bond motifs is 1. The molecule has 0 saturated heterocycles. The summed E-state index contributed by atoms with van der Waals surface area (Å²) in [5.41, 5.74) is 1.12.